The summed E-state index contributed by atoms with van der Waals surface area (Å²) in [6.45, 7) is 3.92. The van der Waals surface area contributed by atoms with Gasteiger partial charge in [0.15, 0.2) is 11.5 Å². The lowest BCUT2D eigenvalue weighted by atomic mass is 10.1. The van der Waals surface area contributed by atoms with E-state index in [1.54, 1.807) is 25.1 Å². The average molecular weight is 521 g/mol. The number of anilines is 2. The van der Waals surface area contributed by atoms with E-state index in [1.165, 1.54) is 17.4 Å². The van der Waals surface area contributed by atoms with Crippen LogP contribution in [0, 0.1) is 6.92 Å². The van der Waals surface area contributed by atoms with Gasteiger partial charge in [-0.25, -0.2) is 4.79 Å². The number of hydrogen-bond acceptors (Lipinski definition) is 8. The quantitative estimate of drug-likeness (QED) is 0.362. The van der Waals surface area contributed by atoms with Crippen molar-refractivity contribution in [1.82, 2.24) is 0 Å². The molecule has 190 valence electrons. The van der Waals surface area contributed by atoms with Crippen LogP contribution in [-0.2, 0) is 20.7 Å². The first kappa shape index (κ1) is 24.5. The largest absolute Gasteiger partial charge is 0.462 e. The van der Waals surface area contributed by atoms with Crippen LogP contribution in [0.4, 0.5) is 10.7 Å². The van der Waals surface area contributed by atoms with Gasteiger partial charge in [0.05, 0.1) is 17.9 Å². The van der Waals surface area contributed by atoms with Crippen molar-refractivity contribution in [2.45, 2.75) is 33.1 Å². The third-order valence-corrected chi connectivity index (χ3v) is 7.38. The van der Waals surface area contributed by atoms with Gasteiger partial charge >= 0.3 is 5.97 Å². The standard InChI is InChI=1S/C27H24N2O7S/c1-3-34-27(33)24-15(2)21(12-16-7-8-19-20(11-16)36-14-35-19)37-26(24)28-25(32)17-5-4-6-18(13-17)29-22(30)9-10-23(29)31/h4-8,11,13H,3,9-10,12,14H2,1-2H3,(H,28,32). The molecule has 0 saturated carbocycles. The zero-order chi connectivity index (χ0) is 26.1. The fourth-order valence-corrected chi connectivity index (χ4v) is 5.55. The lowest BCUT2D eigenvalue weighted by molar-refractivity contribution is -0.121. The van der Waals surface area contributed by atoms with Gasteiger partial charge in [0, 0.05) is 29.7 Å². The van der Waals surface area contributed by atoms with Crippen molar-refractivity contribution in [3.8, 4) is 11.5 Å². The van der Waals surface area contributed by atoms with E-state index in [0.717, 1.165) is 20.9 Å². The Balaban J connectivity index is 1.43. The van der Waals surface area contributed by atoms with E-state index in [4.69, 9.17) is 14.2 Å². The Morgan fingerprint density at radius 3 is 2.57 bits per heavy atom. The van der Waals surface area contributed by atoms with Crippen molar-refractivity contribution in [3.63, 3.8) is 0 Å². The van der Waals surface area contributed by atoms with Gasteiger partial charge in [0.1, 0.15) is 5.00 Å². The minimum Gasteiger partial charge on any atom is -0.462 e. The minimum absolute atomic E-state index is 0.152. The van der Waals surface area contributed by atoms with E-state index >= 15 is 0 Å². The number of thiophene rings is 1. The fourth-order valence-electron chi connectivity index (χ4n) is 4.33. The third-order valence-electron chi connectivity index (χ3n) is 6.17. The molecule has 1 N–H and O–H groups in total. The summed E-state index contributed by atoms with van der Waals surface area (Å²) in [6.07, 6.45) is 0.821. The molecule has 3 aromatic rings. The highest BCUT2D eigenvalue weighted by atomic mass is 32.1. The maximum absolute atomic E-state index is 13.2. The Kier molecular flexibility index (Phi) is 6.66. The number of benzene rings is 2. The second-order valence-corrected chi connectivity index (χ2v) is 9.67. The lowest BCUT2D eigenvalue weighted by Crippen LogP contribution is -2.28. The Bertz CT molecular complexity index is 1410. The number of fused-ring (bicyclic) bond motifs is 1. The molecule has 0 spiro atoms. The van der Waals surface area contributed by atoms with Crippen LogP contribution in [0.15, 0.2) is 42.5 Å². The Morgan fingerprint density at radius 2 is 1.81 bits per heavy atom. The molecule has 0 bridgehead atoms. The van der Waals surface area contributed by atoms with Gasteiger partial charge in [-0.3, -0.25) is 19.3 Å². The maximum Gasteiger partial charge on any atom is 0.341 e. The predicted octanol–water partition coefficient (Wildman–Crippen LogP) is 4.46. The first-order chi connectivity index (χ1) is 17.9. The van der Waals surface area contributed by atoms with Crippen LogP contribution in [0.1, 0.15) is 56.5 Å². The summed E-state index contributed by atoms with van der Waals surface area (Å²) in [5.41, 5.74) is 2.59. The highest BCUT2D eigenvalue weighted by Crippen LogP contribution is 2.38. The number of ether oxygens (including phenoxy) is 3. The second-order valence-electron chi connectivity index (χ2n) is 8.57. The molecule has 5 rings (SSSR count). The van der Waals surface area contributed by atoms with Crippen molar-refractivity contribution in [2.24, 2.45) is 0 Å². The van der Waals surface area contributed by atoms with Crippen molar-refractivity contribution in [2.75, 3.05) is 23.6 Å². The van der Waals surface area contributed by atoms with Crippen molar-refractivity contribution in [3.05, 3.63) is 69.6 Å². The molecular formula is C27H24N2O7S. The molecule has 0 atom stereocenters. The van der Waals surface area contributed by atoms with E-state index < -0.39 is 11.9 Å². The average Bonchev–Trinajstić information content (AvgIpc) is 3.56. The van der Waals surface area contributed by atoms with Crippen LogP contribution in [0.3, 0.4) is 0 Å². The lowest BCUT2D eigenvalue weighted by Gasteiger charge is -2.15. The molecule has 0 radical (unpaired) electrons. The summed E-state index contributed by atoms with van der Waals surface area (Å²) in [5.74, 6) is -0.233. The normalized spacial score (nSPS) is 14.3. The van der Waals surface area contributed by atoms with Gasteiger partial charge in [-0.15, -0.1) is 11.3 Å². The number of carbonyl (C=O) groups excluding carboxylic acids is 4. The van der Waals surface area contributed by atoms with Gasteiger partial charge in [-0.05, 0) is 55.3 Å². The third kappa shape index (κ3) is 4.79. The Labute approximate surface area is 216 Å². The van der Waals surface area contributed by atoms with E-state index in [0.29, 0.717) is 34.2 Å². The SMILES string of the molecule is CCOC(=O)c1c(NC(=O)c2cccc(N3C(=O)CCC3=O)c2)sc(Cc2ccc3c(c2)OCO3)c1C. The zero-order valence-corrected chi connectivity index (χ0v) is 21.1. The van der Waals surface area contributed by atoms with Gasteiger partial charge in [-0.1, -0.05) is 12.1 Å². The minimum atomic E-state index is -0.523. The molecule has 3 heterocycles. The Hall–Kier alpha value is -4.18. The molecule has 2 aliphatic heterocycles. The molecule has 1 aromatic heterocycles. The summed E-state index contributed by atoms with van der Waals surface area (Å²) in [5, 5.41) is 3.21. The van der Waals surface area contributed by atoms with E-state index in [1.807, 2.05) is 25.1 Å². The Morgan fingerprint density at radius 1 is 1.05 bits per heavy atom. The summed E-state index contributed by atoms with van der Waals surface area (Å²) < 4.78 is 16.1. The van der Waals surface area contributed by atoms with Gasteiger partial charge in [-0.2, -0.15) is 0 Å². The molecule has 0 unspecified atom stereocenters. The zero-order valence-electron chi connectivity index (χ0n) is 20.3. The number of carbonyl (C=O) groups is 4. The van der Waals surface area contributed by atoms with Gasteiger partial charge in [0.2, 0.25) is 18.6 Å². The van der Waals surface area contributed by atoms with Crippen molar-refractivity contribution < 1.29 is 33.4 Å². The van der Waals surface area contributed by atoms with Gasteiger partial charge < -0.3 is 19.5 Å². The van der Waals surface area contributed by atoms with Crippen LogP contribution >= 0.6 is 11.3 Å². The molecule has 0 aliphatic carbocycles. The summed E-state index contributed by atoms with van der Waals surface area (Å²) in [6, 6.07) is 12.0. The van der Waals surface area contributed by atoms with Crippen molar-refractivity contribution >= 4 is 45.7 Å². The molecule has 9 nitrogen and oxygen atoms in total. The molecule has 1 fully saturated rings. The van der Waals surface area contributed by atoms with E-state index in [9.17, 15) is 19.2 Å². The monoisotopic (exact) mass is 520 g/mol. The molecule has 3 amide bonds. The van der Waals surface area contributed by atoms with E-state index in [-0.39, 0.29) is 43.6 Å². The maximum atomic E-state index is 13.2. The van der Waals surface area contributed by atoms with Crippen LogP contribution in [0.5, 0.6) is 11.5 Å². The molecule has 2 aliphatic rings. The summed E-state index contributed by atoms with van der Waals surface area (Å²) >= 11 is 1.30. The summed E-state index contributed by atoms with van der Waals surface area (Å²) in [4.78, 5) is 52.3. The first-order valence-corrected chi connectivity index (χ1v) is 12.6. The van der Waals surface area contributed by atoms with Crippen LogP contribution < -0.4 is 19.7 Å². The number of esters is 1. The fraction of sp³-hybridized carbons (Fsp3) is 0.259. The molecule has 10 heteroatoms. The van der Waals surface area contributed by atoms with Crippen LogP contribution in [0.2, 0.25) is 0 Å². The topological polar surface area (TPSA) is 111 Å². The number of amides is 3. The highest BCUT2D eigenvalue weighted by Gasteiger charge is 2.31. The first-order valence-electron chi connectivity index (χ1n) is 11.8. The van der Waals surface area contributed by atoms with Crippen molar-refractivity contribution in [1.29, 1.82) is 0 Å². The molecule has 37 heavy (non-hydrogen) atoms. The van der Waals surface area contributed by atoms with Gasteiger partial charge in [0.25, 0.3) is 5.91 Å². The molecule has 2 aromatic carbocycles. The number of hydrogen-bond donors (Lipinski definition) is 1. The van der Waals surface area contributed by atoms with Crippen LogP contribution in [0.25, 0.3) is 0 Å². The molecular weight excluding hydrogens is 496 g/mol. The number of rotatable bonds is 7. The summed E-state index contributed by atoms with van der Waals surface area (Å²) in [7, 11) is 0. The highest BCUT2D eigenvalue weighted by molar-refractivity contribution is 7.17. The van der Waals surface area contributed by atoms with Crippen LogP contribution in [-0.4, -0.2) is 37.1 Å². The second kappa shape index (κ2) is 10.1. The smallest absolute Gasteiger partial charge is 0.341 e. The predicted molar refractivity (Wildman–Crippen MR) is 137 cm³/mol. The number of imide groups is 1. The van der Waals surface area contributed by atoms with E-state index in [2.05, 4.69) is 5.32 Å². The molecule has 1 saturated heterocycles. The number of nitrogens with zero attached hydrogens (tertiary/aromatic N) is 1. The number of nitrogens with one attached hydrogen (secondary N) is 1.